The van der Waals surface area contributed by atoms with Gasteiger partial charge in [-0.05, 0) is 24.3 Å². The van der Waals surface area contributed by atoms with Gasteiger partial charge in [0.15, 0.2) is 0 Å². The van der Waals surface area contributed by atoms with E-state index in [1.807, 2.05) is 0 Å². The molecule has 0 aromatic heterocycles. The Labute approximate surface area is 124 Å². The summed E-state index contributed by atoms with van der Waals surface area (Å²) in [6.07, 6.45) is 0. The number of rotatable bonds is 3. The van der Waals surface area contributed by atoms with Gasteiger partial charge in [-0.3, -0.25) is 14.9 Å². The second kappa shape index (κ2) is 5.68. The smallest absolute Gasteiger partial charge is 0.273 e. The largest absolute Gasteiger partial charge is 0.506 e. The second-order valence-corrected chi connectivity index (χ2v) is 4.62. The fourth-order valence-corrected chi connectivity index (χ4v) is 1.92. The number of nitrogens with one attached hydrogen (secondary N) is 1. The van der Waals surface area contributed by atoms with Crippen LogP contribution in [0.3, 0.4) is 0 Å². The Morgan fingerprint density at radius 2 is 2.00 bits per heavy atom. The first-order valence-electron chi connectivity index (χ1n) is 5.71. The lowest BCUT2D eigenvalue weighted by Gasteiger charge is -2.08. The molecule has 108 valence electrons. The number of hydrogen-bond donors (Lipinski definition) is 3. The summed E-state index contributed by atoms with van der Waals surface area (Å²) < 4.78 is 0. The highest BCUT2D eigenvalue weighted by atomic mass is 35.5. The summed E-state index contributed by atoms with van der Waals surface area (Å²) in [5, 5.41) is 23.0. The van der Waals surface area contributed by atoms with E-state index in [-0.39, 0.29) is 16.9 Å². The number of nitrogens with two attached hydrogens (primary N) is 1. The summed E-state index contributed by atoms with van der Waals surface area (Å²) in [6, 6.07) is 7.67. The average Bonchev–Trinajstić information content (AvgIpc) is 2.39. The molecule has 0 aliphatic heterocycles. The third-order valence-corrected chi connectivity index (χ3v) is 2.84. The summed E-state index contributed by atoms with van der Waals surface area (Å²) in [4.78, 5) is 21.9. The number of nitro groups is 1. The van der Waals surface area contributed by atoms with Crippen LogP contribution in [-0.4, -0.2) is 15.9 Å². The molecule has 0 unspecified atom stereocenters. The van der Waals surface area contributed by atoms with Crippen molar-refractivity contribution < 1.29 is 14.8 Å². The van der Waals surface area contributed by atoms with Gasteiger partial charge >= 0.3 is 0 Å². The van der Waals surface area contributed by atoms with Crippen LogP contribution in [0.4, 0.5) is 17.1 Å². The fraction of sp³-hybridized carbons (Fsp3) is 0. The van der Waals surface area contributed by atoms with Crippen LogP contribution < -0.4 is 11.1 Å². The second-order valence-electron chi connectivity index (χ2n) is 4.19. The van der Waals surface area contributed by atoms with Crippen molar-refractivity contribution in [1.82, 2.24) is 0 Å². The van der Waals surface area contributed by atoms with E-state index >= 15 is 0 Å². The molecule has 2 aromatic carbocycles. The van der Waals surface area contributed by atoms with Crippen molar-refractivity contribution in [3.8, 4) is 5.75 Å². The van der Waals surface area contributed by atoms with Gasteiger partial charge in [0.05, 0.1) is 16.7 Å². The predicted octanol–water partition coefficient (Wildman–Crippen LogP) is 2.79. The van der Waals surface area contributed by atoms with Gasteiger partial charge in [0.2, 0.25) is 0 Å². The van der Waals surface area contributed by atoms with Gasteiger partial charge in [-0.2, -0.15) is 0 Å². The molecule has 7 nitrogen and oxygen atoms in total. The van der Waals surface area contributed by atoms with Crippen LogP contribution in [0.15, 0.2) is 36.4 Å². The molecule has 0 radical (unpaired) electrons. The molecule has 0 saturated carbocycles. The number of nitrogens with zero attached hydrogens (tertiary/aromatic N) is 1. The zero-order valence-electron chi connectivity index (χ0n) is 10.5. The number of non-ortho nitro benzene ring substituents is 1. The number of phenolic OH excluding ortho intramolecular Hbond substituents is 1. The monoisotopic (exact) mass is 307 g/mol. The molecular weight excluding hydrogens is 298 g/mol. The van der Waals surface area contributed by atoms with Crippen molar-refractivity contribution in [3.63, 3.8) is 0 Å². The van der Waals surface area contributed by atoms with E-state index in [4.69, 9.17) is 17.3 Å². The summed E-state index contributed by atoms with van der Waals surface area (Å²) in [5.74, 6) is -0.957. The number of carbonyl (C=O) groups excluding carboxylic acids is 1. The van der Waals surface area contributed by atoms with Gasteiger partial charge in [-0.1, -0.05) is 11.6 Å². The Bertz CT molecular complexity index is 713. The Hall–Kier alpha value is -2.80. The molecule has 0 bridgehead atoms. The third-order valence-electron chi connectivity index (χ3n) is 2.62. The minimum atomic E-state index is -0.650. The fourth-order valence-electron chi connectivity index (χ4n) is 1.68. The first kappa shape index (κ1) is 14.6. The molecule has 0 aliphatic carbocycles. The number of nitro benzene ring substituents is 1. The maximum absolute atomic E-state index is 12.0. The normalized spacial score (nSPS) is 10.1. The lowest BCUT2D eigenvalue weighted by Crippen LogP contribution is -2.12. The van der Waals surface area contributed by atoms with E-state index in [9.17, 15) is 20.0 Å². The zero-order valence-corrected chi connectivity index (χ0v) is 11.3. The molecule has 0 atom stereocenters. The van der Waals surface area contributed by atoms with Crippen molar-refractivity contribution in [3.05, 3.63) is 57.1 Å². The van der Waals surface area contributed by atoms with E-state index in [2.05, 4.69) is 5.32 Å². The van der Waals surface area contributed by atoms with Crippen molar-refractivity contribution in [1.29, 1.82) is 0 Å². The number of amides is 1. The van der Waals surface area contributed by atoms with Gasteiger partial charge in [-0.25, -0.2) is 0 Å². The zero-order chi connectivity index (χ0) is 15.6. The van der Waals surface area contributed by atoms with Crippen LogP contribution in [-0.2, 0) is 0 Å². The van der Waals surface area contributed by atoms with E-state index in [0.29, 0.717) is 10.7 Å². The molecule has 0 fully saturated rings. The standard InChI is InChI=1S/C13H10ClN3O4/c14-8-3-7(4-9(15)5-8)13(19)16-11-2-1-10(17(20)21)6-12(11)18/h1-6,18H,15H2,(H,16,19). The van der Waals surface area contributed by atoms with Gasteiger partial charge in [-0.15, -0.1) is 0 Å². The highest BCUT2D eigenvalue weighted by molar-refractivity contribution is 6.31. The number of aromatic hydroxyl groups is 1. The maximum atomic E-state index is 12.0. The molecule has 0 heterocycles. The van der Waals surface area contributed by atoms with E-state index in [0.717, 1.165) is 6.07 Å². The molecule has 0 aliphatic rings. The minimum absolute atomic E-state index is 0.0455. The molecule has 21 heavy (non-hydrogen) atoms. The van der Waals surface area contributed by atoms with Crippen LogP contribution in [0.25, 0.3) is 0 Å². The van der Waals surface area contributed by atoms with Crippen LogP contribution in [0.2, 0.25) is 5.02 Å². The number of hydrogen-bond acceptors (Lipinski definition) is 5. The summed E-state index contributed by atoms with van der Waals surface area (Å²) in [7, 11) is 0. The Morgan fingerprint density at radius 1 is 1.29 bits per heavy atom. The highest BCUT2D eigenvalue weighted by Gasteiger charge is 2.13. The molecule has 1 amide bonds. The number of nitrogen functional groups attached to an aromatic ring is 1. The van der Waals surface area contributed by atoms with Gasteiger partial charge in [0, 0.05) is 22.3 Å². The molecule has 8 heteroatoms. The molecule has 2 aromatic rings. The Kier molecular flexibility index (Phi) is 3.95. The topological polar surface area (TPSA) is 118 Å². The number of halogens is 1. The number of anilines is 2. The summed E-state index contributed by atoms with van der Waals surface area (Å²) in [6.45, 7) is 0. The van der Waals surface area contributed by atoms with Gasteiger partial charge < -0.3 is 16.2 Å². The maximum Gasteiger partial charge on any atom is 0.273 e. The summed E-state index contributed by atoms with van der Waals surface area (Å²) >= 11 is 5.80. The van der Waals surface area contributed by atoms with Crippen LogP contribution in [0.1, 0.15) is 10.4 Å². The SMILES string of the molecule is Nc1cc(Cl)cc(C(=O)Nc2ccc([N+](=O)[O-])cc2O)c1. The van der Waals surface area contributed by atoms with Gasteiger partial charge in [0.1, 0.15) is 5.75 Å². The van der Waals surface area contributed by atoms with E-state index < -0.39 is 16.6 Å². The number of carbonyl (C=O) groups is 1. The molecule has 2 rings (SSSR count). The van der Waals surface area contributed by atoms with Crippen molar-refractivity contribution >= 4 is 34.6 Å². The van der Waals surface area contributed by atoms with Gasteiger partial charge in [0.25, 0.3) is 11.6 Å². The quantitative estimate of drug-likeness (QED) is 0.349. The lowest BCUT2D eigenvalue weighted by molar-refractivity contribution is -0.384. The van der Waals surface area contributed by atoms with Crippen molar-refractivity contribution in [2.24, 2.45) is 0 Å². The Balaban J connectivity index is 2.25. The number of benzene rings is 2. The predicted molar refractivity (Wildman–Crippen MR) is 78.6 cm³/mol. The molecular formula is C13H10ClN3O4. The summed E-state index contributed by atoms with van der Waals surface area (Å²) in [5.41, 5.74) is 5.88. The van der Waals surface area contributed by atoms with Crippen molar-refractivity contribution in [2.75, 3.05) is 11.1 Å². The minimum Gasteiger partial charge on any atom is -0.506 e. The van der Waals surface area contributed by atoms with Crippen LogP contribution in [0.5, 0.6) is 5.75 Å². The molecule has 0 spiro atoms. The highest BCUT2D eigenvalue weighted by Crippen LogP contribution is 2.28. The van der Waals surface area contributed by atoms with Crippen LogP contribution in [0, 0.1) is 10.1 Å². The van der Waals surface area contributed by atoms with E-state index in [1.54, 1.807) is 0 Å². The average molecular weight is 308 g/mol. The van der Waals surface area contributed by atoms with Crippen LogP contribution >= 0.6 is 11.6 Å². The Morgan fingerprint density at radius 3 is 2.57 bits per heavy atom. The third kappa shape index (κ3) is 3.40. The number of phenols is 1. The van der Waals surface area contributed by atoms with E-state index in [1.165, 1.54) is 30.3 Å². The first-order valence-corrected chi connectivity index (χ1v) is 6.09. The lowest BCUT2D eigenvalue weighted by atomic mass is 10.2. The molecule has 4 N–H and O–H groups in total. The van der Waals surface area contributed by atoms with Crippen molar-refractivity contribution in [2.45, 2.75) is 0 Å². The first-order chi connectivity index (χ1) is 9.86. The molecule has 0 saturated heterocycles.